The van der Waals surface area contributed by atoms with E-state index in [1.807, 2.05) is 13.8 Å². The Labute approximate surface area is 65.9 Å². The summed E-state index contributed by atoms with van der Waals surface area (Å²) in [4.78, 5) is 3.75. The maximum Gasteiger partial charge on any atom is 0.138 e. The Kier molecular flexibility index (Phi) is 1.83. The van der Waals surface area contributed by atoms with Crippen molar-refractivity contribution in [1.82, 2.24) is 4.98 Å². The zero-order valence-electron chi connectivity index (χ0n) is 6.70. The van der Waals surface area contributed by atoms with Gasteiger partial charge in [0.15, 0.2) is 0 Å². The van der Waals surface area contributed by atoms with E-state index in [1.165, 1.54) is 6.20 Å². The molecule has 0 atom stereocenters. The van der Waals surface area contributed by atoms with Crippen LogP contribution in [0.1, 0.15) is 19.4 Å². The Morgan fingerprint density at radius 1 is 1.55 bits per heavy atom. The van der Waals surface area contributed by atoms with Gasteiger partial charge in [-0.3, -0.25) is 4.98 Å². The summed E-state index contributed by atoms with van der Waals surface area (Å²) in [5.74, 6) is 0.153. The van der Waals surface area contributed by atoms with Gasteiger partial charge in [0.2, 0.25) is 0 Å². The molecule has 3 nitrogen and oxygen atoms in total. The lowest BCUT2D eigenvalue weighted by Gasteiger charge is -2.19. The van der Waals surface area contributed by atoms with Gasteiger partial charge in [-0.15, -0.1) is 0 Å². The maximum absolute atomic E-state index is 9.30. The molecule has 0 bridgehead atoms. The molecular weight excluding hydrogens is 140 g/mol. The van der Waals surface area contributed by atoms with Crippen molar-refractivity contribution in [1.29, 1.82) is 0 Å². The second-order valence-corrected chi connectivity index (χ2v) is 3.11. The Hall–Kier alpha value is -1.09. The van der Waals surface area contributed by atoms with Crippen LogP contribution in [0.3, 0.4) is 0 Å². The van der Waals surface area contributed by atoms with Gasteiger partial charge in [0, 0.05) is 17.3 Å². The first-order chi connectivity index (χ1) is 5.02. The highest BCUT2D eigenvalue weighted by Gasteiger charge is 2.17. The molecule has 0 fully saturated rings. The van der Waals surface area contributed by atoms with Crippen molar-refractivity contribution >= 4 is 0 Å². The van der Waals surface area contributed by atoms with E-state index < -0.39 is 5.54 Å². The fourth-order valence-electron chi connectivity index (χ4n) is 0.931. The second-order valence-electron chi connectivity index (χ2n) is 3.11. The molecule has 1 rings (SSSR count). The van der Waals surface area contributed by atoms with Crippen LogP contribution in [0.5, 0.6) is 5.75 Å². The van der Waals surface area contributed by atoms with Gasteiger partial charge in [-0.25, -0.2) is 0 Å². The number of hydrogen-bond acceptors (Lipinski definition) is 3. The topological polar surface area (TPSA) is 59.1 Å². The van der Waals surface area contributed by atoms with E-state index >= 15 is 0 Å². The van der Waals surface area contributed by atoms with Gasteiger partial charge in [-0.1, -0.05) is 0 Å². The Bertz CT molecular complexity index is 253. The first kappa shape index (κ1) is 8.01. The van der Waals surface area contributed by atoms with Crippen molar-refractivity contribution in [2.24, 2.45) is 5.73 Å². The van der Waals surface area contributed by atoms with Crippen LogP contribution in [0.25, 0.3) is 0 Å². The monoisotopic (exact) mass is 152 g/mol. The zero-order chi connectivity index (χ0) is 8.48. The molecule has 3 N–H and O–H groups in total. The number of aromatic nitrogens is 1. The Balaban J connectivity index is 3.14. The van der Waals surface area contributed by atoms with Crippen molar-refractivity contribution in [3.8, 4) is 5.75 Å². The van der Waals surface area contributed by atoms with E-state index in [0.717, 1.165) is 0 Å². The zero-order valence-corrected chi connectivity index (χ0v) is 6.70. The van der Waals surface area contributed by atoms with E-state index in [-0.39, 0.29) is 5.75 Å². The highest BCUT2D eigenvalue weighted by molar-refractivity contribution is 5.33. The minimum absolute atomic E-state index is 0.153. The smallest absolute Gasteiger partial charge is 0.138 e. The molecular formula is C8H12N2O. The van der Waals surface area contributed by atoms with Crippen LogP contribution in [-0.2, 0) is 5.54 Å². The van der Waals surface area contributed by atoms with E-state index in [1.54, 1.807) is 12.3 Å². The average molecular weight is 152 g/mol. The quantitative estimate of drug-likeness (QED) is 0.630. The fourth-order valence-corrected chi connectivity index (χ4v) is 0.931. The number of pyridine rings is 1. The highest BCUT2D eigenvalue weighted by atomic mass is 16.3. The molecule has 3 heteroatoms. The van der Waals surface area contributed by atoms with Crippen LogP contribution in [-0.4, -0.2) is 10.1 Å². The minimum atomic E-state index is -0.507. The van der Waals surface area contributed by atoms with Gasteiger partial charge in [-0.05, 0) is 19.9 Å². The van der Waals surface area contributed by atoms with Crippen LogP contribution in [0.4, 0.5) is 0 Å². The fraction of sp³-hybridized carbons (Fsp3) is 0.375. The maximum atomic E-state index is 9.30. The summed E-state index contributed by atoms with van der Waals surface area (Å²) in [7, 11) is 0. The van der Waals surface area contributed by atoms with Crippen molar-refractivity contribution in [3.05, 3.63) is 24.0 Å². The lowest BCUT2D eigenvalue weighted by molar-refractivity contribution is 0.438. The molecule has 11 heavy (non-hydrogen) atoms. The predicted octanol–water partition coefficient (Wildman–Crippen LogP) is 0.981. The van der Waals surface area contributed by atoms with Crippen LogP contribution in [0, 0.1) is 0 Å². The Morgan fingerprint density at radius 2 is 2.18 bits per heavy atom. The number of rotatable bonds is 1. The molecule has 1 aromatic rings. The normalized spacial score (nSPS) is 11.5. The first-order valence-electron chi connectivity index (χ1n) is 3.44. The van der Waals surface area contributed by atoms with Crippen LogP contribution < -0.4 is 5.73 Å². The molecule has 60 valence electrons. The summed E-state index contributed by atoms with van der Waals surface area (Å²) in [6, 6.07) is 1.72. The third kappa shape index (κ3) is 1.68. The van der Waals surface area contributed by atoms with Gasteiger partial charge in [0.25, 0.3) is 0 Å². The van der Waals surface area contributed by atoms with E-state index in [4.69, 9.17) is 5.73 Å². The van der Waals surface area contributed by atoms with Crippen molar-refractivity contribution < 1.29 is 5.11 Å². The molecule has 0 aliphatic carbocycles. The number of nitrogens with two attached hydrogens (primary N) is 1. The number of nitrogens with zero attached hydrogens (tertiary/aromatic N) is 1. The molecule has 1 heterocycles. The molecule has 0 saturated carbocycles. The summed E-state index contributed by atoms with van der Waals surface area (Å²) in [5, 5.41) is 9.30. The van der Waals surface area contributed by atoms with Crippen LogP contribution in [0.2, 0.25) is 0 Å². The van der Waals surface area contributed by atoms with E-state index in [2.05, 4.69) is 4.98 Å². The summed E-state index contributed by atoms with van der Waals surface area (Å²) in [6.45, 7) is 3.67. The molecule has 1 aromatic heterocycles. The van der Waals surface area contributed by atoms with Crippen molar-refractivity contribution in [3.63, 3.8) is 0 Å². The average Bonchev–Trinajstić information content (AvgIpc) is 1.86. The van der Waals surface area contributed by atoms with Gasteiger partial charge in [0.05, 0.1) is 6.20 Å². The molecule has 0 aromatic carbocycles. The predicted molar refractivity (Wildman–Crippen MR) is 43.1 cm³/mol. The van der Waals surface area contributed by atoms with Gasteiger partial charge >= 0.3 is 0 Å². The van der Waals surface area contributed by atoms with Gasteiger partial charge in [-0.2, -0.15) is 0 Å². The minimum Gasteiger partial charge on any atom is -0.506 e. The number of hydrogen-bond donors (Lipinski definition) is 2. The second kappa shape index (κ2) is 2.51. The lowest BCUT2D eigenvalue weighted by atomic mass is 9.96. The molecule has 0 aliphatic heterocycles. The molecule has 0 unspecified atom stereocenters. The molecule has 0 saturated heterocycles. The standard InChI is InChI=1S/C8H12N2O/c1-8(2,9)6-3-4-10-5-7(6)11/h3-5,11H,9H2,1-2H3. The van der Waals surface area contributed by atoms with Crippen molar-refractivity contribution in [2.45, 2.75) is 19.4 Å². The molecule has 0 spiro atoms. The summed E-state index contributed by atoms with van der Waals surface area (Å²) in [6.07, 6.45) is 3.01. The van der Waals surface area contributed by atoms with Crippen molar-refractivity contribution in [2.75, 3.05) is 0 Å². The third-order valence-electron chi connectivity index (χ3n) is 1.49. The van der Waals surface area contributed by atoms with Crippen LogP contribution in [0.15, 0.2) is 18.5 Å². The first-order valence-corrected chi connectivity index (χ1v) is 3.44. The summed E-state index contributed by atoms with van der Waals surface area (Å²) < 4.78 is 0. The van der Waals surface area contributed by atoms with E-state index in [0.29, 0.717) is 5.56 Å². The molecule has 0 amide bonds. The molecule has 0 aliphatic rings. The largest absolute Gasteiger partial charge is 0.506 e. The lowest BCUT2D eigenvalue weighted by Crippen LogP contribution is -2.28. The third-order valence-corrected chi connectivity index (χ3v) is 1.49. The summed E-state index contributed by atoms with van der Waals surface area (Å²) >= 11 is 0. The van der Waals surface area contributed by atoms with Crippen LogP contribution >= 0.6 is 0 Å². The van der Waals surface area contributed by atoms with E-state index in [9.17, 15) is 5.11 Å². The van der Waals surface area contributed by atoms with Gasteiger partial charge < -0.3 is 10.8 Å². The summed E-state index contributed by atoms with van der Waals surface area (Å²) in [5.41, 5.74) is 5.98. The molecule has 0 radical (unpaired) electrons. The highest BCUT2D eigenvalue weighted by Crippen LogP contribution is 2.24. The van der Waals surface area contributed by atoms with Gasteiger partial charge in [0.1, 0.15) is 5.75 Å². The Morgan fingerprint density at radius 3 is 2.55 bits per heavy atom. The SMILES string of the molecule is CC(C)(N)c1ccncc1O. The number of aromatic hydroxyl groups is 1.